The molecule has 1 N–H and O–H groups in total. The molecular formula is C14H11ClF3NO3. The number of rotatable bonds is 4. The van der Waals surface area contributed by atoms with Crippen LogP contribution in [0.2, 0.25) is 5.02 Å². The fourth-order valence-electron chi connectivity index (χ4n) is 1.67. The van der Waals surface area contributed by atoms with Gasteiger partial charge in [0, 0.05) is 10.6 Å². The molecule has 1 amide bonds. The van der Waals surface area contributed by atoms with Gasteiger partial charge in [-0.05, 0) is 31.2 Å². The number of hydrogen-bond donors (Lipinski definition) is 1. The molecular weight excluding hydrogens is 323 g/mol. The first kappa shape index (κ1) is 16.2. The Balaban J connectivity index is 2.20. The first-order valence-corrected chi connectivity index (χ1v) is 6.48. The van der Waals surface area contributed by atoms with Crippen LogP contribution in [0.1, 0.15) is 16.1 Å². The summed E-state index contributed by atoms with van der Waals surface area (Å²) in [5.41, 5.74) is 0.620. The minimum absolute atomic E-state index is 0.0255. The summed E-state index contributed by atoms with van der Waals surface area (Å²) in [5, 5.41) is 2.66. The number of halogens is 4. The largest absolute Gasteiger partial charge is 0.482 e. The Kier molecular flexibility index (Phi) is 4.65. The molecule has 22 heavy (non-hydrogen) atoms. The standard InChI is InChI=1S/C14H11ClF3NO3/c1-8-4-5-21-12(8)13(20)19-10-6-9(15)2-3-11(10)22-7-14(16,17)18/h2-6H,7H2,1H3,(H,19,20). The number of hydrogen-bond acceptors (Lipinski definition) is 3. The Morgan fingerprint density at radius 3 is 2.68 bits per heavy atom. The van der Waals surface area contributed by atoms with Gasteiger partial charge in [-0.2, -0.15) is 13.2 Å². The van der Waals surface area contributed by atoms with E-state index >= 15 is 0 Å². The lowest BCUT2D eigenvalue weighted by Gasteiger charge is -2.14. The topological polar surface area (TPSA) is 51.5 Å². The van der Waals surface area contributed by atoms with Crippen LogP contribution in [0.4, 0.5) is 18.9 Å². The van der Waals surface area contributed by atoms with Gasteiger partial charge in [0.2, 0.25) is 0 Å². The predicted molar refractivity (Wildman–Crippen MR) is 74.4 cm³/mol. The van der Waals surface area contributed by atoms with Gasteiger partial charge in [0.1, 0.15) is 5.75 Å². The second-order valence-electron chi connectivity index (χ2n) is 4.43. The summed E-state index contributed by atoms with van der Waals surface area (Å²) >= 11 is 5.79. The van der Waals surface area contributed by atoms with Gasteiger partial charge >= 0.3 is 6.18 Å². The van der Waals surface area contributed by atoms with Crippen molar-refractivity contribution in [1.82, 2.24) is 0 Å². The zero-order valence-corrected chi connectivity index (χ0v) is 12.1. The van der Waals surface area contributed by atoms with E-state index in [9.17, 15) is 18.0 Å². The van der Waals surface area contributed by atoms with Gasteiger partial charge in [-0.15, -0.1) is 0 Å². The van der Waals surface area contributed by atoms with E-state index in [-0.39, 0.29) is 22.2 Å². The monoisotopic (exact) mass is 333 g/mol. The van der Waals surface area contributed by atoms with Crippen molar-refractivity contribution in [2.24, 2.45) is 0 Å². The van der Waals surface area contributed by atoms with Crippen molar-refractivity contribution in [3.8, 4) is 5.75 Å². The van der Waals surface area contributed by atoms with E-state index in [1.807, 2.05) is 0 Å². The Bertz CT molecular complexity index is 682. The summed E-state index contributed by atoms with van der Waals surface area (Å²) in [5.74, 6) is -0.692. The zero-order valence-electron chi connectivity index (χ0n) is 11.3. The average Bonchev–Trinajstić information content (AvgIpc) is 2.83. The third kappa shape index (κ3) is 4.17. The van der Waals surface area contributed by atoms with Crippen molar-refractivity contribution in [3.63, 3.8) is 0 Å². The molecule has 0 radical (unpaired) electrons. The fraction of sp³-hybridized carbons (Fsp3) is 0.214. The van der Waals surface area contributed by atoms with Gasteiger partial charge in [-0.3, -0.25) is 4.79 Å². The van der Waals surface area contributed by atoms with E-state index in [0.717, 1.165) is 0 Å². The molecule has 0 saturated carbocycles. The number of carbonyl (C=O) groups excluding carboxylic acids is 1. The van der Waals surface area contributed by atoms with E-state index < -0.39 is 18.7 Å². The molecule has 0 saturated heterocycles. The normalized spacial score (nSPS) is 11.3. The number of anilines is 1. The van der Waals surface area contributed by atoms with E-state index in [1.54, 1.807) is 13.0 Å². The van der Waals surface area contributed by atoms with Crippen LogP contribution in [0.25, 0.3) is 0 Å². The average molecular weight is 334 g/mol. The maximum absolute atomic E-state index is 12.2. The maximum Gasteiger partial charge on any atom is 0.422 e. The van der Waals surface area contributed by atoms with Crippen LogP contribution in [0.5, 0.6) is 5.75 Å². The summed E-state index contributed by atoms with van der Waals surface area (Å²) in [6.45, 7) is 0.189. The molecule has 1 aromatic carbocycles. The lowest BCUT2D eigenvalue weighted by atomic mass is 10.2. The van der Waals surface area contributed by atoms with Gasteiger partial charge in [-0.1, -0.05) is 11.6 Å². The number of ether oxygens (including phenoxy) is 1. The summed E-state index contributed by atoms with van der Waals surface area (Å²) in [4.78, 5) is 12.0. The highest BCUT2D eigenvalue weighted by molar-refractivity contribution is 6.31. The Morgan fingerprint density at radius 1 is 1.36 bits per heavy atom. The first-order chi connectivity index (χ1) is 10.3. The molecule has 8 heteroatoms. The molecule has 0 fully saturated rings. The summed E-state index contributed by atoms with van der Waals surface area (Å²) in [6.07, 6.45) is -3.15. The number of nitrogens with one attached hydrogen (secondary N) is 1. The van der Waals surface area contributed by atoms with Crippen LogP contribution in [-0.2, 0) is 0 Å². The molecule has 1 aromatic heterocycles. The van der Waals surface area contributed by atoms with Gasteiger partial charge in [0.15, 0.2) is 12.4 Å². The second kappa shape index (κ2) is 6.31. The molecule has 0 aliphatic carbocycles. The van der Waals surface area contributed by atoms with Gasteiger partial charge in [-0.25, -0.2) is 0 Å². The Hall–Kier alpha value is -2.15. The number of benzene rings is 1. The minimum Gasteiger partial charge on any atom is -0.482 e. The number of carbonyl (C=O) groups is 1. The van der Waals surface area contributed by atoms with Crippen LogP contribution in [-0.4, -0.2) is 18.7 Å². The highest BCUT2D eigenvalue weighted by Crippen LogP contribution is 2.30. The Labute approximate surface area is 128 Å². The minimum atomic E-state index is -4.49. The van der Waals surface area contributed by atoms with Crippen molar-refractivity contribution in [3.05, 3.63) is 46.9 Å². The van der Waals surface area contributed by atoms with Crippen molar-refractivity contribution in [2.75, 3.05) is 11.9 Å². The van der Waals surface area contributed by atoms with Crippen molar-refractivity contribution >= 4 is 23.2 Å². The van der Waals surface area contributed by atoms with Crippen LogP contribution in [0, 0.1) is 6.92 Å². The van der Waals surface area contributed by atoms with Gasteiger partial charge in [0.25, 0.3) is 5.91 Å². The lowest BCUT2D eigenvalue weighted by Crippen LogP contribution is -2.20. The third-order valence-electron chi connectivity index (χ3n) is 2.65. The molecule has 4 nitrogen and oxygen atoms in total. The fourth-order valence-corrected chi connectivity index (χ4v) is 1.84. The van der Waals surface area contributed by atoms with Crippen LogP contribution in [0.3, 0.4) is 0 Å². The molecule has 0 aliphatic heterocycles. The molecule has 118 valence electrons. The molecule has 0 atom stereocenters. The van der Waals surface area contributed by atoms with Gasteiger partial charge in [0.05, 0.1) is 12.0 Å². The number of aryl methyl sites for hydroxylation is 1. The quantitative estimate of drug-likeness (QED) is 0.900. The highest BCUT2D eigenvalue weighted by Gasteiger charge is 2.29. The molecule has 0 unspecified atom stereocenters. The summed E-state index contributed by atoms with van der Waals surface area (Å²) in [7, 11) is 0. The summed E-state index contributed by atoms with van der Waals surface area (Å²) in [6, 6.07) is 5.50. The Morgan fingerprint density at radius 2 is 2.09 bits per heavy atom. The maximum atomic E-state index is 12.2. The number of amides is 1. The molecule has 2 aromatic rings. The van der Waals surface area contributed by atoms with Crippen molar-refractivity contribution in [1.29, 1.82) is 0 Å². The second-order valence-corrected chi connectivity index (χ2v) is 4.87. The van der Waals surface area contributed by atoms with Crippen LogP contribution in [0.15, 0.2) is 34.9 Å². The molecule has 0 aliphatic rings. The zero-order chi connectivity index (χ0) is 16.3. The van der Waals surface area contributed by atoms with E-state index in [0.29, 0.717) is 5.56 Å². The van der Waals surface area contributed by atoms with E-state index in [1.165, 1.54) is 24.5 Å². The van der Waals surface area contributed by atoms with Crippen molar-refractivity contribution < 1.29 is 27.1 Å². The van der Waals surface area contributed by atoms with Crippen molar-refractivity contribution in [2.45, 2.75) is 13.1 Å². The smallest absolute Gasteiger partial charge is 0.422 e. The SMILES string of the molecule is Cc1ccoc1C(=O)Nc1cc(Cl)ccc1OCC(F)(F)F. The van der Waals surface area contributed by atoms with E-state index in [2.05, 4.69) is 10.1 Å². The van der Waals surface area contributed by atoms with Gasteiger partial charge < -0.3 is 14.5 Å². The van der Waals surface area contributed by atoms with Crippen LogP contribution >= 0.6 is 11.6 Å². The third-order valence-corrected chi connectivity index (χ3v) is 2.88. The predicted octanol–water partition coefficient (Wildman–Crippen LogP) is 4.43. The molecule has 2 rings (SSSR count). The number of furan rings is 1. The molecule has 1 heterocycles. The lowest BCUT2D eigenvalue weighted by molar-refractivity contribution is -0.153. The molecule has 0 spiro atoms. The first-order valence-electron chi connectivity index (χ1n) is 6.11. The van der Waals surface area contributed by atoms with Crippen LogP contribution < -0.4 is 10.1 Å². The number of alkyl halides is 3. The van der Waals surface area contributed by atoms with E-state index in [4.69, 9.17) is 16.0 Å². The highest BCUT2D eigenvalue weighted by atomic mass is 35.5. The summed E-state index contributed by atoms with van der Waals surface area (Å²) < 4.78 is 46.4. The molecule has 0 bridgehead atoms.